The number of nitriles is 1. The number of thiazole rings is 1. The molecule has 0 spiro atoms. The highest BCUT2D eigenvalue weighted by atomic mass is 32.1. The lowest BCUT2D eigenvalue weighted by Gasteiger charge is -2.04. The molecule has 0 amide bonds. The van der Waals surface area contributed by atoms with Gasteiger partial charge in [0.25, 0.3) is 5.69 Å². The summed E-state index contributed by atoms with van der Waals surface area (Å²) < 4.78 is 0. The largest absolute Gasteiger partial charge is 0.360 e. The third-order valence-electron chi connectivity index (χ3n) is 4.41. The van der Waals surface area contributed by atoms with Gasteiger partial charge in [0.1, 0.15) is 16.6 Å². The first-order valence-corrected chi connectivity index (χ1v) is 9.85. The molecule has 2 aromatic carbocycles. The van der Waals surface area contributed by atoms with Crippen molar-refractivity contribution in [3.05, 3.63) is 75.5 Å². The Labute approximate surface area is 180 Å². The number of aromatic nitrogens is 5. The number of anilines is 1. The summed E-state index contributed by atoms with van der Waals surface area (Å²) in [6, 6.07) is 14.6. The first-order valence-electron chi connectivity index (χ1n) is 8.97. The maximum absolute atomic E-state index is 11.2. The number of tetrazole rings is 1. The monoisotopic (exact) mass is 430 g/mol. The van der Waals surface area contributed by atoms with Crippen LogP contribution in [0.1, 0.15) is 11.4 Å². The third-order valence-corrected chi connectivity index (χ3v) is 5.30. The molecule has 0 saturated carbocycles. The lowest BCUT2D eigenvalue weighted by atomic mass is 10.1. The number of benzene rings is 2. The van der Waals surface area contributed by atoms with Crippen molar-refractivity contribution in [3.8, 4) is 27.9 Å². The van der Waals surface area contributed by atoms with Crippen LogP contribution in [0.4, 0.5) is 11.4 Å². The van der Waals surface area contributed by atoms with Crippen LogP contribution in [0.3, 0.4) is 0 Å². The van der Waals surface area contributed by atoms with E-state index in [1.54, 1.807) is 13.0 Å². The predicted octanol–water partition coefficient (Wildman–Crippen LogP) is 4.18. The van der Waals surface area contributed by atoms with Crippen molar-refractivity contribution in [1.29, 1.82) is 5.26 Å². The second-order valence-electron chi connectivity index (χ2n) is 6.43. The molecule has 2 heterocycles. The molecule has 0 radical (unpaired) electrons. The van der Waals surface area contributed by atoms with E-state index in [0.717, 1.165) is 16.3 Å². The zero-order valence-corrected chi connectivity index (χ0v) is 16.9. The van der Waals surface area contributed by atoms with Gasteiger partial charge in [-0.15, -0.1) is 21.5 Å². The van der Waals surface area contributed by atoms with Crippen LogP contribution in [0.15, 0.2) is 54.0 Å². The number of aromatic amines is 1. The summed E-state index contributed by atoms with van der Waals surface area (Å²) in [5.41, 5.74) is 3.89. The zero-order valence-electron chi connectivity index (χ0n) is 16.1. The Balaban J connectivity index is 1.58. The topological polar surface area (TPSA) is 146 Å². The molecule has 31 heavy (non-hydrogen) atoms. The van der Waals surface area contributed by atoms with E-state index in [-0.39, 0.29) is 17.1 Å². The van der Waals surface area contributed by atoms with Crippen molar-refractivity contribution in [3.63, 3.8) is 0 Å². The first kappa shape index (κ1) is 19.9. The van der Waals surface area contributed by atoms with Crippen LogP contribution in [-0.2, 0) is 0 Å². The molecule has 0 unspecified atom stereocenters. The molecule has 0 atom stereocenters. The van der Waals surface area contributed by atoms with Gasteiger partial charge in [0.2, 0.25) is 5.82 Å². The van der Waals surface area contributed by atoms with E-state index in [4.69, 9.17) is 0 Å². The Morgan fingerprint density at radius 2 is 2.16 bits per heavy atom. The molecule has 0 bridgehead atoms. The molecular weight excluding hydrogens is 416 g/mol. The van der Waals surface area contributed by atoms with Gasteiger partial charge < -0.3 is 5.32 Å². The Morgan fingerprint density at radius 3 is 2.90 bits per heavy atom. The maximum Gasteiger partial charge on any atom is 0.272 e. The number of H-pyrrole nitrogens is 1. The summed E-state index contributed by atoms with van der Waals surface area (Å²) in [6.45, 7) is 1.71. The number of nitrogens with zero attached hydrogens (tertiary/aromatic N) is 6. The quantitative estimate of drug-likeness (QED) is 0.263. The van der Waals surface area contributed by atoms with E-state index in [9.17, 15) is 15.4 Å². The molecule has 0 aliphatic carbocycles. The predicted molar refractivity (Wildman–Crippen MR) is 116 cm³/mol. The molecule has 10 nitrogen and oxygen atoms in total. The molecule has 0 fully saturated rings. The van der Waals surface area contributed by atoms with Crippen LogP contribution in [0, 0.1) is 28.4 Å². The maximum atomic E-state index is 11.2. The normalized spacial score (nSPS) is 11.2. The Kier molecular flexibility index (Phi) is 5.46. The molecular formula is C20H14N8O2S. The van der Waals surface area contributed by atoms with Crippen molar-refractivity contribution in [2.75, 3.05) is 5.32 Å². The van der Waals surface area contributed by atoms with E-state index < -0.39 is 4.92 Å². The molecule has 11 heteroatoms. The van der Waals surface area contributed by atoms with Crippen LogP contribution < -0.4 is 5.32 Å². The van der Waals surface area contributed by atoms with Crippen LogP contribution in [-0.4, -0.2) is 30.5 Å². The fraction of sp³-hybridized carbons (Fsp3) is 0.0500. The van der Waals surface area contributed by atoms with Crippen molar-refractivity contribution < 1.29 is 4.92 Å². The van der Waals surface area contributed by atoms with Crippen molar-refractivity contribution in [2.24, 2.45) is 0 Å². The summed E-state index contributed by atoms with van der Waals surface area (Å²) in [4.78, 5) is 15.5. The highest BCUT2D eigenvalue weighted by Crippen LogP contribution is 2.32. The summed E-state index contributed by atoms with van der Waals surface area (Å²) >= 11 is 1.44. The van der Waals surface area contributed by atoms with Crippen molar-refractivity contribution in [1.82, 2.24) is 25.6 Å². The Hall–Kier alpha value is -4.43. The van der Waals surface area contributed by atoms with Crippen molar-refractivity contribution >= 4 is 28.3 Å². The van der Waals surface area contributed by atoms with Gasteiger partial charge in [-0.2, -0.15) is 10.5 Å². The molecule has 4 aromatic rings. The van der Waals surface area contributed by atoms with Crippen LogP contribution in [0.5, 0.6) is 0 Å². The highest BCUT2D eigenvalue weighted by Gasteiger charge is 2.14. The minimum Gasteiger partial charge on any atom is -0.360 e. The Morgan fingerprint density at radius 1 is 1.29 bits per heavy atom. The lowest BCUT2D eigenvalue weighted by molar-refractivity contribution is -0.385. The lowest BCUT2D eigenvalue weighted by Crippen LogP contribution is -1.93. The molecule has 4 rings (SSSR count). The minimum absolute atomic E-state index is 0.0694. The number of hydrogen-bond donors (Lipinski definition) is 2. The number of aryl methyl sites for hydroxylation is 1. The minimum atomic E-state index is -0.390. The number of nitro groups is 1. The van der Waals surface area contributed by atoms with Gasteiger partial charge in [0.15, 0.2) is 0 Å². The molecule has 0 aliphatic rings. The second kappa shape index (κ2) is 8.52. The molecule has 152 valence electrons. The van der Waals surface area contributed by atoms with Gasteiger partial charge in [-0.1, -0.05) is 24.3 Å². The zero-order chi connectivity index (χ0) is 21.8. The van der Waals surface area contributed by atoms with Crippen molar-refractivity contribution in [2.45, 2.75) is 6.92 Å². The summed E-state index contributed by atoms with van der Waals surface area (Å²) in [7, 11) is 0. The molecule has 2 N–H and O–H groups in total. The Bertz CT molecular complexity index is 1320. The van der Waals surface area contributed by atoms with E-state index >= 15 is 0 Å². The average molecular weight is 430 g/mol. The molecule has 0 saturated heterocycles. The number of rotatable bonds is 6. The smallest absolute Gasteiger partial charge is 0.272 e. The number of nitrogens with one attached hydrogen (secondary N) is 2. The molecule has 0 aliphatic heterocycles. The first-order chi connectivity index (χ1) is 15.0. The number of allylic oxidation sites excluding steroid dienone is 1. The van der Waals surface area contributed by atoms with Gasteiger partial charge in [0, 0.05) is 40.0 Å². The van der Waals surface area contributed by atoms with Crippen LogP contribution in [0.25, 0.3) is 27.4 Å². The van der Waals surface area contributed by atoms with E-state index in [1.807, 2.05) is 41.8 Å². The SMILES string of the molecule is Cc1ccc(-c2csc(-c3cccc(NC=C(C#N)c4nn[nH]n4)c3)n2)cc1[N+](=O)[O-]. The van der Waals surface area contributed by atoms with Gasteiger partial charge in [-0.3, -0.25) is 10.1 Å². The van der Waals surface area contributed by atoms with Gasteiger partial charge in [-0.05, 0) is 24.3 Å². The second-order valence-corrected chi connectivity index (χ2v) is 7.28. The fourth-order valence-electron chi connectivity index (χ4n) is 2.82. The van der Waals surface area contributed by atoms with E-state index in [1.165, 1.54) is 23.6 Å². The van der Waals surface area contributed by atoms with Gasteiger partial charge in [0.05, 0.1) is 10.6 Å². The van der Waals surface area contributed by atoms with Gasteiger partial charge >= 0.3 is 0 Å². The van der Waals surface area contributed by atoms with E-state index in [2.05, 4.69) is 30.9 Å². The fourth-order valence-corrected chi connectivity index (χ4v) is 3.65. The summed E-state index contributed by atoms with van der Waals surface area (Å²) in [5.74, 6) is 0.197. The summed E-state index contributed by atoms with van der Waals surface area (Å²) in [5, 5.41) is 39.5. The average Bonchev–Trinajstić information content (AvgIpc) is 3.47. The number of nitro benzene ring substituents is 1. The third kappa shape index (κ3) is 4.29. The van der Waals surface area contributed by atoms with E-state index in [0.29, 0.717) is 16.8 Å². The van der Waals surface area contributed by atoms with Crippen LogP contribution >= 0.6 is 11.3 Å². The highest BCUT2D eigenvalue weighted by molar-refractivity contribution is 7.13. The van der Waals surface area contributed by atoms with Crippen LogP contribution in [0.2, 0.25) is 0 Å². The standard InChI is InChI=1S/C20H14N8O2S/c1-12-5-6-13(8-18(12)28(29)30)17-11-31-20(23-17)14-3-2-4-16(7-14)22-10-15(9-21)19-24-26-27-25-19/h2-8,10-11,22H,1H3,(H,24,25,26,27). The number of hydrogen-bond acceptors (Lipinski definition) is 9. The summed E-state index contributed by atoms with van der Waals surface area (Å²) in [6.07, 6.45) is 1.50. The molecule has 2 aromatic heterocycles. The van der Waals surface area contributed by atoms with Gasteiger partial charge in [-0.25, -0.2) is 4.98 Å².